The van der Waals surface area contributed by atoms with Gasteiger partial charge in [-0.15, -0.1) is 10.2 Å². The van der Waals surface area contributed by atoms with Crippen LogP contribution in [0.15, 0.2) is 58.8 Å². The van der Waals surface area contributed by atoms with Crippen LogP contribution in [-0.4, -0.2) is 26.7 Å². The number of rotatable bonds is 4. The molecule has 25 heavy (non-hydrogen) atoms. The van der Waals surface area contributed by atoms with E-state index in [-0.39, 0.29) is 11.3 Å². The van der Waals surface area contributed by atoms with E-state index in [1.165, 1.54) is 24.3 Å². The van der Waals surface area contributed by atoms with Gasteiger partial charge in [0, 0.05) is 10.9 Å². The zero-order valence-corrected chi connectivity index (χ0v) is 12.8. The van der Waals surface area contributed by atoms with Crippen LogP contribution in [0.25, 0.3) is 10.9 Å². The van der Waals surface area contributed by atoms with E-state index in [4.69, 9.17) is 5.11 Å². The fraction of sp³-hybridized carbons (Fsp3) is 0.0588. The van der Waals surface area contributed by atoms with Gasteiger partial charge in [0.15, 0.2) is 5.69 Å². The first-order chi connectivity index (χ1) is 12.0. The van der Waals surface area contributed by atoms with Crippen molar-refractivity contribution in [3.63, 3.8) is 0 Å². The van der Waals surface area contributed by atoms with Crippen molar-refractivity contribution in [2.24, 2.45) is 10.2 Å². The number of aliphatic carboxylic acids is 1. The molecule has 0 aliphatic carbocycles. The van der Waals surface area contributed by atoms with Gasteiger partial charge < -0.3 is 15.3 Å². The average molecular weight is 338 g/mol. The molecule has 2 N–H and O–H groups in total. The Labute approximate surface area is 141 Å². The molecule has 0 saturated carbocycles. The lowest BCUT2D eigenvalue weighted by atomic mass is 10.2. The quantitative estimate of drug-likeness (QED) is 0.706. The summed E-state index contributed by atoms with van der Waals surface area (Å²) in [5, 5.41) is 38.6. The van der Waals surface area contributed by atoms with Crippen molar-refractivity contribution < 1.29 is 24.9 Å². The van der Waals surface area contributed by atoms with Gasteiger partial charge in [-0.3, -0.25) is 14.2 Å². The Morgan fingerprint density at radius 3 is 2.48 bits per heavy atom. The van der Waals surface area contributed by atoms with E-state index in [0.717, 1.165) is 4.57 Å². The number of azo groups is 1. The topological polar surface area (TPSA) is 127 Å². The number of carboxylic acids is 1. The molecule has 1 aromatic heterocycles. The van der Waals surface area contributed by atoms with E-state index in [1.54, 1.807) is 24.3 Å². The van der Waals surface area contributed by atoms with Gasteiger partial charge >= 0.3 is 5.97 Å². The van der Waals surface area contributed by atoms with Gasteiger partial charge in [-0.05, 0) is 12.1 Å². The van der Waals surface area contributed by atoms with Crippen molar-refractivity contribution in [1.82, 2.24) is 4.57 Å². The number of carbonyl (C=O) groups is 2. The van der Waals surface area contributed by atoms with Crippen LogP contribution >= 0.6 is 0 Å². The van der Waals surface area contributed by atoms with Gasteiger partial charge in [0.2, 0.25) is 5.88 Å². The zero-order valence-electron chi connectivity index (χ0n) is 12.8. The van der Waals surface area contributed by atoms with Crippen molar-refractivity contribution in [3.05, 3.63) is 54.1 Å². The molecule has 0 spiro atoms. The van der Waals surface area contributed by atoms with E-state index in [9.17, 15) is 19.8 Å². The number of fused-ring (bicyclic) bond motifs is 1. The maximum absolute atomic E-state index is 12.0. The second-order valence-electron chi connectivity index (χ2n) is 5.17. The molecule has 126 valence electrons. The third-order valence-corrected chi connectivity index (χ3v) is 3.57. The molecule has 8 nitrogen and oxygen atoms in total. The number of hydrogen-bond acceptors (Lipinski definition) is 5. The monoisotopic (exact) mass is 338 g/mol. The van der Waals surface area contributed by atoms with Crippen LogP contribution < -0.4 is 5.11 Å². The predicted octanol–water partition coefficient (Wildman–Crippen LogP) is 2.43. The van der Waals surface area contributed by atoms with Crippen LogP contribution in [0, 0.1) is 0 Å². The lowest BCUT2D eigenvalue weighted by molar-refractivity contribution is -0.268. The normalized spacial score (nSPS) is 11.2. The summed E-state index contributed by atoms with van der Waals surface area (Å²) < 4.78 is 1.15. The molecular formula is C17H12N3O5-. The Hall–Kier alpha value is -3.68. The highest BCUT2D eigenvalue weighted by Gasteiger charge is 2.18. The number of amides is 1. The van der Waals surface area contributed by atoms with E-state index >= 15 is 0 Å². The second-order valence-corrected chi connectivity index (χ2v) is 5.17. The fourth-order valence-corrected chi connectivity index (χ4v) is 2.46. The molecule has 3 rings (SSSR count). The van der Waals surface area contributed by atoms with Crippen LogP contribution in [0.2, 0.25) is 0 Å². The summed E-state index contributed by atoms with van der Waals surface area (Å²) in [6.07, 6.45) is 0. The molecule has 0 bridgehead atoms. The highest BCUT2D eigenvalue weighted by molar-refractivity contribution is 5.99. The van der Waals surface area contributed by atoms with Crippen molar-refractivity contribution >= 4 is 28.5 Å². The summed E-state index contributed by atoms with van der Waals surface area (Å²) in [7, 11) is 0. The van der Waals surface area contributed by atoms with Crippen molar-refractivity contribution in [2.75, 3.05) is 0 Å². The molecule has 0 aliphatic rings. The zero-order chi connectivity index (χ0) is 18.0. The van der Waals surface area contributed by atoms with Gasteiger partial charge in [0.05, 0.1) is 5.52 Å². The van der Waals surface area contributed by atoms with Crippen LogP contribution in [0.1, 0.15) is 10.4 Å². The minimum absolute atomic E-state index is 0.0337. The van der Waals surface area contributed by atoms with Crippen molar-refractivity contribution in [3.8, 4) is 11.6 Å². The molecule has 0 fully saturated rings. The van der Waals surface area contributed by atoms with Gasteiger partial charge in [-0.2, -0.15) is 0 Å². The minimum atomic E-state index is -1.14. The smallest absolute Gasteiger partial charge is 0.323 e. The molecule has 8 heteroatoms. The van der Waals surface area contributed by atoms with Crippen molar-refractivity contribution in [2.45, 2.75) is 6.54 Å². The summed E-state index contributed by atoms with van der Waals surface area (Å²) in [5.74, 6) is -2.89. The van der Waals surface area contributed by atoms with E-state index in [2.05, 4.69) is 10.2 Å². The highest BCUT2D eigenvalue weighted by Crippen LogP contribution is 2.38. The molecule has 1 heterocycles. The van der Waals surface area contributed by atoms with E-state index < -0.39 is 30.1 Å². The summed E-state index contributed by atoms with van der Waals surface area (Å²) in [4.78, 5) is 23.0. The largest absolute Gasteiger partial charge is 0.872 e. The maximum atomic E-state index is 12.0. The van der Waals surface area contributed by atoms with Crippen LogP contribution in [0.5, 0.6) is 11.6 Å². The number of para-hydroxylation sites is 2. The SMILES string of the molecule is O=C(O)Cn1c(O)c(N=NC(=O)c2ccccc2[O-])c2ccccc21. The molecular weight excluding hydrogens is 326 g/mol. The molecule has 0 unspecified atom stereocenters. The summed E-state index contributed by atoms with van der Waals surface area (Å²) in [6.45, 7) is -0.473. The lowest BCUT2D eigenvalue weighted by Gasteiger charge is -2.08. The Bertz CT molecular complexity index is 1010. The van der Waals surface area contributed by atoms with Gasteiger partial charge in [0.1, 0.15) is 6.54 Å². The van der Waals surface area contributed by atoms with E-state index in [0.29, 0.717) is 10.9 Å². The molecule has 3 aromatic rings. The van der Waals surface area contributed by atoms with Gasteiger partial charge in [0.25, 0.3) is 5.91 Å². The minimum Gasteiger partial charge on any atom is -0.872 e. The molecule has 2 aromatic carbocycles. The maximum Gasteiger partial charge on any atom is 0.323 e. The van der Waals surface area contributed by atoms with Crippen molar-refractivity contribution in [1.29, 1.82) is 0 Å². The molecule has 0 atom stereocenters. The first-order valence-corrected chi connectivity index (χ1v) is 7.23. The molecule has 1 amide bonds. The molecule has 0 saturated heterocycles. The van der Waals surface area contributed by atoms with Gasteiger partial charge in [-0.1, -0.05) is 42.1 Å². The Kier molecular flexibility index (Phi) is 4.17. The lowest BCUT2D eigenvalue weighted by Crippen LogP contribution is -2.07. The number of benzene rings is 2. The Morgan fingerprint density at radius 1 is 1.08 bits per heavy atom. The number of aromatic hydroxyl groups is 1. The summed E-state index contributed by atoms with van der Waals surface area (Å²) >= 11 is 0. The fourth-order valence-electron chi connectivity index (χ4n) is 2.46. The molecule has 0 radical (unpaired) electrons. The van der Waals surface area contributed by atoms with Crippen LogP contribution in [-0.2, 0) is 11.3 Å². The third-order valence-electron chi connectivity index (χ3n) is 3.57. The highest BCUT2D eigenvalue weighted by atomic mass is 16.4. The summed E-state index contributed by atoms with van der Waals surface area (Å²) in [5.41, 5.74) is 0.265. The first kappa shape index (κ1) is 16.2. The first-order valence-electron chi connectivity index (χ1n) is 7.23. The van der Waals surface area contributed by atoms with Crippen LogP contribution in [0.3, 0.4) is 0 Å². The Morgan fingerprint density at radius 2 is 1.76 bits per heavy atom. The number of carboxylic acid groups (broad SMARTS) is 1. The third kappa shape index (κ3) is 3.05. The predicted molar refractivity (Wildman–Crippen MR) is 86.0 cm³/mol. The number of carbonyl (C=O) groups excluding carboxylic acids is 1. The van der Waals surface area contributed by atoms with Gasteiger partial charge in [-0.25, -0.2) is 0 Å². The molecule has 0 aliphatic heterocycles. The number of aromatic nitrogens is 1. The second kappa shape index (κ2) is 6.44. The number of hydrogen-bond donors (Lipinski definition) is 2. The number of nitrogens with zero attached hydrogens (tertiary/aromatic N) is 3. The average Bonchev–Trinajstić information content (AvgIpc) is 2.85. The van der Waals surface area contributed by atoms with Crippen LogP contribution in [0.4, 0.5) is 5.69 Å². The Balaban J connectivity index is 2.04. The standard InChI is InChI=1S/C17H13N3O5/c21-13-8-4-2-6-11(13)16(24)19-18-15-10-5-1-3-7-12(10)20(17(15)25)9-14(22)23/h1-8,21,25H,9H2,(H,22,23)/p-1. The van der Waals surface area contributed by atoms with E-state index in [1.807, 2.05) is 0 Å². The summed E-state index contributed by atoms with van der Waals surface area (Å²) in [6, 6.07) is 12.2.